The number of hydrogen-bond donors (Lipinski definition) is 1. The Bertz CT molecular complexity index is 938. The first-order valence-corrected chi connectivity index (χ1v) is 6.59. The summed E-state index contributed by atoms with van der Waals surface area (Å²) in [6, 6.07) is 14.4. The quantitative estimate of drug-likeness (QED) is 0.454. The number of hydrogen-bond acceptors (Lipinski definition) is 1. The van der Waals surface area contributed by atoms with Crippen LogP contribution in [0, 0.1) is 6.92 Å². The highest BCUT2D eigenvalue weighted by molar-refractivity contribution is 6.38. The maximum absolute atomic E-state index is 6.40. The average molecular weight is 267 g/mol. The number of aromatic nitrogens is 2. The van der Waals surface area contributed by atoms with E-state index < -0.39 is 0 Å². The molecule has 2 aromatic carbocycles. The van der Waals surface area contributed by atoms with Gasteiger partial charge in [-0.1, -0.05) is 48.0 Å². The van der Waals surface area contributed by atoms with Gasteiger partial charge in [0.1, 0.15) is 5.15 Å². The van der Waals surface area contributed by atoms with E-state index >= 15 is 0 Å². The Balaban J connectivity index is 2.37. The smallest absolute Gasteiger partial charge is 0.139 e. The van der Waals surface area contributed by atoms with Gasteiger partial charge in [0.05, 0.1) is 11.0 Å². The second-order valence-corrected chi connectivity index (χ2v) is 5.15. The van der Waals surface area contributed by atoms with Gasteiger partial charge in [-0.3, -0.25) is 0 Å². The second-order valence-electron chi connectivity index (χ2n) is 4.79. The first kappa shape index (κ1) is 10.8. The molecule has 2 nitrogen and oxygen atoms in total. The summed E-state index contributed by atoms with van der Waals surface area (Å²) in [6.07, 6.45) is 0. The first-order chi connectivity index (χ1) is 9.25. The third kappa shape index (κ3) is 1.41. The maximum Gasteiger partial charge on any atom is 0.139 e. The monoisotopic (exact) mass is 266 g/mol. The molecular formula is C16H11ClN2. The normalized spacial score (nSPS) is 11.7. The fourth-order valence-corrected chi connectivity index (χ4v) is 3.00. The molecule has 2 aromatic heterocycles. The van der Waals surface area contributed by atoms with Crippen molar-refractivity contribution < 1.29 is 0 Å². The van der Waals surface area contributed by atoms with Gasteiger partial charge >= 0.3 is 0 Å². The van der Waals surface area contributed by atoms with Crippen LogP contribution in [0.3, 0.4) is 0 Å². The van der Waals surface area contributed by atoms with Gasteiger partial charge in [-0.15, -0.1) is 0 Å². The highest BCUT2D eigenvalue weighted by Gasteiger charge is 2.13. The van der Waals surface area contributed by atoms with E-state index in [1.165, 1.54) is 0 Å². The molecule has 4 aromatic rings. The molecule has 19 heavy (non-hydrogen) atoms. The average Bonchev–Trinajstić information content (AvgIpc) is 2.80. The molecule has 92 valence electrons. The SMILES string of the molecule is Cc1cccc2c1nc(Cl)c1c3ccccc3[nH]c21. The first-order valence-electron chi connectivity index (χ1n) is 6.21. The third-order valence-corrected chi connectivity index (χ3v) is 3.90. The van der Waals surface area contributed by atoms with Crippen LogP contribution in [0.5, 0.6) is 0 Å². The minimum Gasteiger partial charge on any atom is -0.354 e. The van der Waals surface area contributed by atoms with Gasteiger partial charge in [-0.2, -0.15) is 0 Å². The van der Waals surface area contributed by atoms with Gasteiger partial charge in [-0.25, -0.2) is 4.98 Å². The fraction of sp³-hybridized carbons (Fsp3) is 0.0625. The van der Waals surface area contributed by atoms with Crippen molar-refractivity contribution in [1.29, 1.82) is 0 Å². The van der Waals surface area contributed by atoms with E-state index in [-0.39, 0.29) is 0 Å². The summed E-state index contributed by atoms with van der Waals surface area (Å²) in [4.78, 5) is 8.04. The third-order valence-electron chi connectivity index (χ3n) is 3.63. The minimum atomic E-state index is 0.564. The maximum atomic E-state index is 6.40. The van der Waals surface area contributed by atoms with Gasteiger partial charge in [-0.05, 0) is 18.6 Å². The molecular weight excluding hydrogens is 256 g/mol. The number of aromatic amines is 1. The van der Waals surface area contributed by atoms with Crippen LogP contribution in [-0.2, 0) is 0 Å². The lowest BCUT2D eigenvalue weighted by Crippen LogP contribution is -1.86. The number of para-hydroxylation sites is 2. The summed E-state index contributed by atoms with van der Waals surface area (Å²) in [5.41, 5.74) is 4.27. The molecule has 0 spiro atoms. The number of halogens is 1. The van der Waals surface area contributed by atoms with E-state index in [0.29, 0.717) is 5.15 Å². The minimum absolute atomic E-state index is 0.564. The van der Waals surface area contributed by atoms with Crippen LogP contribution in [0.4, 0.5) is 0 Å². The molecule has 0 aliphatic rings. The molecule has 0 aliphatic heterocycles. The van der Waals surface area contributed by atoms with Crippen LogP contribution in [0.15, 0.2) is 42.5 Å². The summed E-state index contributed by atoms with van der Waals surface area (Å²) in [5.74, 6) is 0. The van der Waals surface area contributed by atoms with E-state index in [4.69, 9.17) is 11.6 Å². The number of fused-ring (bicyclic) bond motifs is 5. The molecule has 4 rings (SSSR count). The number of nitrogens with one attached hydrogen (secondary N) is 1. The van der Waals surface area contributed by atoms with Crippen molar-refractivity contribution in [2.24, 2.45) is 0 Å². The molecule has 1 N–H and O–H groups in total. The van der Waals surface area contributed by atoms with E-state index in [9.17, 15) is 0 Å². The Kier molecular flexibility index (Phi) is 2.12. The van der Waals surface area contributed by atoms with Crippen LogP contribution in [0.2, 0.25) is 5.15 Å². The predicted octanol–water partition coefficient (Wildman–Crippen LogP) is 4.83. The van der Waals surface area contributed by atoms with Crippen molar-refractivity contribution in [3.63, 3.8) is 0 Å². The van der Waals surface area contributed by atoms with Crippen LogP contribution >= 0.6 is 11.6 Å². The number of rotatable bonds is 0. The number of benzene rings is 2. The van der Waals surface area contributed by atoms with Crippen molar-refractivity contribution in [2.45, 2.75) is 6.92 Å². The standard InChI is InChI=1S/C16H11ClN2/c1-9-5-4-7-11-14(9)19-16(17)13-10-6-2-3-8-12(10)18-15(11)13/h2-8,18H,1H3. The van der Waals surface area contributed by atoms with Crippen LogP contribution in [0.1, 0.15) is 5.56 Å². The Hall–Kier alpha value is -2.06. The number of nitrogens with zero attached hydrogens (tertiary/aromatic N) is 1. The largest absolute Gasteiger partial charge is 0.354 e. The lowest BCUT2D eigenvalue weighted by atomic mass is 10.1. The van der Waals surface area contributed by atoms with Crippen molar-refractivity contribution >= 4 is 44.3 Å². The Labute approximate surface area is 115 Å². The van der Waals surface area contributed by atoms with E-state index in [1.54, 1.807) is 0 Å². The van der Waals surface area contributed by atoms with Crippen molar-refractivity contribution in [3.8, 4) is 0 Å². The molecule has 0 amide bonds. The Morgan fingerprint density at radius 3 is 2.68 bits per heavy atom. The van der Waals surface area contributed by atoms with E-state index in [1.807, 2.05) is 12.1 Å². The summed E-state index contributed by atoms with van der Waals surface area (Å²) < 4.78 is 0. The van der Waals surface area contributed by atoms with Gasteiger partial charge < -0.3 is 4.98 Å². The van der Waals surface area contributed by atoms with Crippen LogP contribution < -0.4 is 0 Å². The van der Waals surface area contributed by atoms with Crippen molar-refractivity contribution in [1.82, 2.24) is 9.97 Å². The lowest BCUT2D eigenvalue weighted by Gasteiger charge is -2.04. The van der Waals surface area contributed by atoms with Gasteiger partial charge in [0, 0.05) is 21.7 Å². The molecule has 0 saturated carbocycles. The summed E-state index contributed by atoms with van der Waals surface area (Å²) >= 11 is 6.40. The molecule has 3 heteroatoms. The summed E-state index contributed by atoms with van der Waals surface area (Å²) in [6.45, 7) is 2.06. The van der Waals surface area contributed by atoms with Crippen molar-refractivity contribution in [3.05, 3.63) is 53.2 Å². The Morgan fingerprint density at radius 1 is 1.00 bits per heavy atom. The molecule has 0 unspecified atom stereocenters. The topological polar surface area (TPSA) is 28.7 Å². The molecule has 0 saturated heterocycles. The molecule has 0 radical (unpaired) electrons. The summed E-state index contributed by atoms with van der Waals surface area (Å²) in [5, 5.41) is 3.82. The van der Waals surface area contributed by atoms with E-state index in [0.717, 1.165) is 38.3 Å². The predicted molar refractivity (Wildman–Crippen MR) is 80.9 cm³/mol. The zero-order chi connectivity index (χ0) is 13.0. The van der Waals surface area contributed by atoms with E-state index in [2.05, 4.69) is 47.2 Å². The highest BCUT2D eigenvalue weighted by atomic mass is 35.5. The molecule has 0 fully saturated rings. The summed E-state index contributed by atoms with van der Waals surface area (Å²) in [7, 11) is 0. The zero-order valence-electron chi connectivity index (χ0n) is 10.4. The van der Waals surface area contributed by atoms with Gasteiger partial charge in [0.15, 0.2) is 0 Å². The molecule has 0 aliphatic carbocycles. The second kappa shape index (κ2) is 3.72. The molecule has 0 bridgehead atoms. The zero-order valence-corrected chi connectivity index (χ0v) is 11.1. The van der Waals surface area contributed by atoms with Gasteiger partial charge in [0.2, 0.25) is 0 Å². The molecule has 2 heterocycles. The van der Waals surface area contributed by atoms with Crippen LogP contribution in [0.25, 0.3) is 32.7 Å². The highest BCUT2D eigenvalue weighted by Crippen LogP contribution is 2.35. The van der Waals surface area contributed by atoms with Crippen LogP contribution in [-0.4, -0.2) is 9.97 Å². The number of H-pyrrole nitrogens is 1. The number of aryl methyl sites for hydroxylation is 1. The Morgan fingerprint density at radius 2 is 1.79 bits per heavy atom. The number of pyridine rings is 1. The van der Waals surface area contributed by atoms with Crippen molar-refractivity contribution in [2.75, 3.05) is 0 Å². The fourth-order valence-electron chi connectivity index (χ4n) is 2.72. The lowest BCUT2D eigenvalue weighted by molar-refractivity contribution is 1.39. The van der Waals surface area contributed by atoms with Gasteiger partial charge in [0.25, 0.3) is 0 Å². The molecule has 0 atom stereocenters.